The van der Waals surface area contributed by atoms with Crippen LogP contribution in [0.25, 0.3) is 22.0 Å². The van der Waals surface area contributed by atoms with Crippen LogP contribution < -0.4 is 0 Å². The van der Waals surface area contributed by atoms with Crippen molar-refractivity contribution in [2.75, 3.05) is 6.54 Å². The minimum atomic E-state index is 0.150. The summed E-state index contributed by atoms with van der Waals surface area (Å²) in [6, 6.07) is 20.8. The van der Waals surface area contributed by atoms with Crippen LogP contribution >= 0.6 is 11.3 Å². The third-order valence-electron chi connectivity index (χ3n) is 5.69. The molecule has 5 rings (SSSR count). The van der Waals surface area contributed by atoms with Gasteiger partial charge in [-0.3, -0.25) is 4.79 Å². The van der Waals surface area contributed by atoms with E-state index >= 15 is 0 Å². The lowest BCUT2D eigenvalue weighted by Gasteiger charge is -2.29. The summed E-state index contributed by atoms with van der Waals surface area (Å²) in [4.78, 5) is 19.8. The van der Waals surface area contributed by atoms with Crippen molar-refractivity contribution in [3.8, 4) is 22.0 Å². The van der Waals surface area contributed by atoms with E-state index in [0.29, 0.717) is 13.1 Å². The second kappa shape index (κ2) is 7.92. The Bertz CT molecular complexity index is 1190. The first-order valence-corrected chi connectivity index (χ1v) is 11.1. The Kier molecular flexibility index (Phi) is 4.97. The Balaban J connectivity index is 1.33. The standard InChI is InChI=1S/C25H23N3OS/c1-18-8-10-20(11-9-18)22-17-30-25(26-22)23-7-4-13-27(23)16-24(29)28-14-12-19-5-2-3-6-21(19)15-28/h2-11,13,17H,12,14-16H2,1H3. The molecule has 4 aromatic rings. The van der Waals surface area contributed by atoms with Gasteiger partial charge in [0, 0.05) is 30.2 Å². The van der Waals surface area contributed by atoms with Gasteiger partial charge in [-0.25, -0.2) is 4.98 Å². The van der Waals surface area contributed by atoms with Gasteiger partial charge in [0.25, 0.3) is 0 Å². The molecule has 0 spiro atoms. The molecular formula is C25H23N3OS. The van der Waals surface area contributed by atoms with Crippen molar-refractivity contribution >= 4 is 17.2 Å². The van der Waals surface area contributed by atoms with Crippen LogP contribution in [0.5, 0.6) is 0 Å². The van der Waals surface area contributed by atoms with Gasteiger partial charge in [-0.05, 0) is 36.6 Å². The molecule has 30 heavy (non-hydrogen) atoms. The number of rotatable bonds is 4. The Morgan fingerprint density at radius 3 is 2.67 bits per heavy atom. The van der Waals surface area contributed by atoms with E-state index in [1.54, 1.807) is 11.3 Å². The average Bonchev–Trinajstić information content (AvgIpc) is 3.43. The van der Waals surface area contributed by atoms with E-state index in [1.807, 2.05) is 33.9 Å². The highest BCUT2D eigenvalue weighted by atomic mass is 32.1. The van der Waals surface area contributed by atoms with Crippen molar-refractivity contribution in [3.05, 3.63) is 88.9 Å². The summed E-state index contributed by atoms with van der Waals surface area (Å²) in [6.45, 7) is 3.90. The molecule has 1 aliphatic heterocycles. The molecule has 1 amide bonds. The summed E-state index contributed by atoms with van der Waals surface area (Å²) < 4.78 is 2.01. The predicted octanol–water partition coefficient (Wildman–Crippen LogP) is 5.17. The number of thiazole rings is 1. The molecule has 5 heteroatoms. The molecule has 4 nitrogen and oxygen atoms in total. The van der Waals surface area contributed by atoms with Gasteiger partial charge >= 0.3 is 0 Å². The van der Waals surface area contributed by atoms with E-state index in [0.717, 1.165) is 34.9 Å². The minimum Gasteiger partial charge on any atom is -0.336 e. The number of carbonyl (C=O) groups is 1. The molecule has 0 N–H and O–H groups in total. The molecule has 0 radical (unpaired) electrons. The number of aromatic nitrogens is 2. The highest BCUT2D eigenvalue weighted by molar-refractivity contribution is 7.13. The monoisotopic (exact) mass is 413 g/mol. The lowest BCUT2D eigenvalue weighted by molar-refractivity contribution is -0.132. The van der Waals surface area contributed by atoms with Gasteiger partial charge in [-0.1, -0.05) is 54.1 Å². The number of carbonyl (C=O) groups excluding carboxylic acids is 1. The third kappa shape index (κ3) is 3.68. The summed E-state index contributed by atoms with van der Waals surface area (Å²) in [6.07, 6.45) is 2.89. The van der Waals surface area contributed by atoms with Crippen molar-refractivity contribution in [1.29, 1.82) is 0 Å². The smallest absolute Gasteiger partial charge is 0.242 e. The van der Waals surface area contributed by atoms with Gasteiger partial charge in [0.2, 0.25) is 5.91 Å². The van der Waals surface area contributed by atoms with Crippen LogP contribution in [0.15, 0.2) is 72.2 Å². The molecule has 0 unspecified atom stereocenters. The lowest BCUT2D eigenvalue weighted by atomic mass is 10.00. The molecule has 0 aliphatic carbocycles. The maximum absolute atomic E-state index is 13.0. The predicted molar refractivity (Wildman–Crippen MR) is 121 cm³/mol. The van der Waals surface area contributed by atoms with Gasteiger partial charge in [0.15, 0.2) is 0 Å². The zero-order valence-electron chi connectivity index (χ0n) is 16.9. The number of nitrogens with zero attached hydrogens (tertiary/aromatic N) is 3. The number of amides is 1. The first kappa shape index (κ1) is 18.8. The normalized spacial score (nSPS) is 13.3. The Morgan fingerprint density at radius 2 is 1.83 bits per heavy atom. The summed E-state index contributed by atoms with van der Waals surface area (Å²) >= 11 is 1.62. The van der Waals surface area contributed by atoms with Crippen molar-refractivity contribution < 1.29 is 4.79 Å². The first-order valence-electron chi connectivity index (χ1n) is 10.2. The molecule has 2 aromatic carbocycles. The highest BCUT2D eigenvalue weighted by Crippen LogP contribution is 2.29. The summed E-state index contributed by atoms with van der Waals surface area (Å²) in [5.74, 6) is 0.150. The molecule has 0 fully saturated rings. The molecule has 0 bridgehead atoms. The van der Waals surface area contributed by atoms with E-state index < -0.39 is 0 Å². The van der Waals surface area contributed by atoms with Gasteiger partial charge in [0.1, 0.15) is 11.6 Å². The number of aryl methyl sites for hydroxylation is 1. The summed E-state index contributed by atoms with van der Waals surface area (Å²) in [7, 11) is 0. The maximum Gasteiger partial charge on any atom is 0.242 e. The molecule has 0 atom stereocenters. The second-order valence-electron chi connectivity index (χ2n) is 7.76. The fraction of sp³-hybridized carbons (Fsp3) is 0.200. The van der Waals surface area contributed by atoms with Gasteiger partial charge < -0.3 is 9.47 Å². The van der Waals surface area contributed by atoms with Crippen LogP contribution in [0.2, 0.25) is 0 Å². The third-order valence-corrected chi connectivity index (χ3v) is 6.55. The van der Waals surface area contributed by atoms with Crippen molar-refractivity contribution in [3.63, 3.8) is 0 Å². The van der Waals surface area contributed by atoms with Crippen molar-refractivity contribution in [2.24, 2.45) is 0 Å². The van der Waals surface area contributed by atoms with E-state index in [-0.39, 0.29) is 5.91 Å². The zero-order valence-corrected chi connectivity index (χ0v) is 17.7. The molecular weight excluding hydrogens is 390 g/mol. The molecule has 1 aliphatic rings. The maximum atomic E-state index is 13.0. The van der Waals surface area contributed by atoms with Gasteiger partial charge in [-0.2, -0.15) is 0 Å². The van der Waals surface area contributed by atoms with E-state index in [9.17, 15) is 4.79 Å². The van der Waals surface area contributed by atoms with Crippen molar-refractivity contribution in [1.82, 2.24) is 14.5 Å². The fourth-order valence-corrected chi connectivity index (χ4v) is 4.82. The minimum absolute atomic E-state index is 0.150. The molecule has 2 aromatic heterocycles. The number of benzene rings is 2. The van der Waals surface area contributed by atoms with Crippen LogP contribution in [-0.2, 0) is 24.3 Å². The van der Waals surface area contributed by atoms with Gasteiger partial charge in [0.05, 0.1) is 11.4 Å². The van der Waals surface area contributed by atoms with E-state index in [2.05, 4.69) is 54.8 Å². The highest BCUT2D eigenvalue weighted by Gasteiger charge is 2.21. The molecule has 0 saturated heterocycles. The fourth-order valence-electron chi connectivity index (χ4n) is 3.95. The Labute approximate surface area is 180 Å². The molecule has 3 heterocycles. The number of fused-ring (bicyclic) bond motifs is 1. The van der Waals surface area contributed by atoms with Crippen LogP contribution in [0.1, 0.15) is 16.7 Å². The topological polar surface area (TPSA) is 38.1 Å². The Hall–Kier alpha value is -3.18. The molecule has 150 valence electrons. The zero-order chi connectivity index (χ0) is 20.5. The van der Waals surface area contributed by atoms with Crippen LogP contribution in [0, 0.1) is 6.92 Å². The second-order valence-corrected chi connectivity index (χ2v) is 8.62. The lowest BCUT2D eigenvalue weighted by Crippen LogP contribution is -2.38. The van der Waals surface area contributed by atoms with Crippen LogP contribution in [0.4, 0.5) is 0 Å². The Morgan fingerprint density at radius 1 is 1.03 bits per heavy atom. The SMILES string of the molecule is Cc1ccc(-c2csc(-c3cccn3CC(=O)N3CCc4ccccc4C3)n2)cc1. The number of hydrogen-bond acceptors (Lipinski definition) is 3. The van der Waals surface area contributed by atoms with E-state index in [1.165, 1.54) is 16.7 Å². The van der Waals surface area contributed by atoms with E-state index in [4.69, 9.17) is 4.98 Å². The van der Waals surface area contributed by atoms with Crippen LogP contribution in [-0.4, -0.2) is 26.9 Å². The first-order chi connectivity index (χ1) is 14.7. The van der Waals surface area contributed by atoms with Gasteiger partial charge in [-0.15, -0.1) is 11.3 Å². The summed E-state index contributed by atoms with van der Waals surface area (Å²) in [5.41, 5.74) is 6.93. The summed E-state index contributed by atoms with van der Waals surface area (Å²) in [5, 5.41) is 3.02. The molecule has 0 saturated carbocycles. The quantitative estimate of drug-likeness (QED) is 0.463. The largest absolute Gasteiger partial charge is 0.336 e. The van der Waals surface area contributed by atoms with Crippen LogP contribution in [0.3, 0.4) is 0 Å². The number of hydrogen-bond donors (Lipinski definition) is 0. The average molecular weight is 414 g/mol. The van der Waals surface area contributed by atoms with Crippen molar-refractivity contribution in [2.45, 2.75) is 26.4 Å².